The molecule has 2 aromatic rings. The predicted octanol–water partition coefficient (Wildman–Crippen LogP) is 6.62. The van der Waals surface area contributed by atoms with Crippen LogP contribution in [0.1, 0.15) is 95.1 Å². The average molecular weight is 495 g/mol. The summed E-state index contributed by atoms with van der Waals surface area (Å²) < 4.78 is 46.9. The van der Waals surface area contributed by atoms with E-state index in [0.29, 0.717) is 31.8 Å². The van der Waals surface area contributed by atoms with Crippen LogP contribution >= 0.6 is 0 Å². The zero-order valence-corrected chi connectivity index (χ0v) is 21.4. The Labute approximate surface area is 205 Å². The van der Waals surface area contributed by atoms with Crippen molar-refractivity contribution < 1.29 is 22.7 Å². The Morgan fingerprint density at radius 3 is 2.40 bits per heavy atom. The number of hydrogen-bond acceptors (Lipinski definition) is 4. The molecule has 9 heteroatoms. The number of nitrogens with zero attached hydrogens (tertiary/aromatic N) is 4. The van der Waals surface area contributed by atoms with Crippen molar-refractivity contribution in [2.75, 3.05) is 13.1 Å². The first kappa shape index (κ1) is 25.8. The van der Waals surface area contributed by atoms with E-state index < -0.39 is 17.7 Å². The van der Waals surface area contributed by atoms with Crippen LogP contribution in [0.4, 0.5) is 18.0 Å². The zero-order valence-electron chi connectivity index (χ0n) is 21.4. The monoisotopic (exact) mass is 494 g/mol. The van der Waals surface area contributed by atoms with Crippen LogP contribution in [-0.4, -0.2) is 50.5 Å². The van der Waals surface area contributed by atoms with Crippen LogP contribution < -0.4 is 0 Å². The van der Waals surface area contributed by atoms with Gasteiger partial charge in [-0.15, -0.1) is 0 Å². The van der Waals surface area contributed by atoms with Crippen LogP contribution in [0.2, 0.25) is 0 Å². The third kappa shape index (κ3) is 5.75. The molecular weight excluding hydrogens is 457 g/mol. The number of halogens is 3. The number of carbonyl (C=O) groups is 1. The highest BCUT2D eigenvalue weighted by molar-refractivity contribution is 5.68. The standard InChI is InChI=1S/C26H37F3N4O2/c1-6-17-11-12-32(24(34)35-25(3,4)5)15-20(17)22-13-16(2)30-23-14-21(31-33(22)23)18-7-9-19(10-8-18)26(27,28)29/h13-14,17-20H,6-12,15H2,1-5H3. The fourth-order valence-electron chi connectivity index (χ4n) is 5.64. The molecule has 2 unspecified atom stereocenters. The van der Waals surface area contributed by atoms with E-state index >= 15 is 0 Å². The number of piperidine rings is 1. The Hall–Kier alpha value is -2.32. The number of aromatic nitrogens is 3. The Kier molecular flexibility index (Phi) is 7.08. The lowest BCUT2D eigenvalue weighted by atomic mass is 9.80. The van der Waals surface area contributed by atoms with Gasteiger partial charge in [0, 0.05) is 36.7 Å². The minimum atomic E-state index is -4.12. The van der Waals surface area contributed by atoms with Gasteiger partial charge in [0.25, 0.3) is 0 Å². The van der Waals surface area contributed by atoms with Gasteiger partial charge in [0.1, 0.15) is 5.60 Å². The third-order valence-corrected chi connectivity index (χ3v) is 7.52. The van der Waals surface area contributed by atoms with Crippen molar-refractivity contribution in [1.82, 2.24) is 19.5 Å². The molecule has 0 aromatic carbocycles. The summed E-state index contributed by atoms with van der Waals surface area (Å²) in [5.41, 5.74) is 2.85. The average Bonchev–Trinajstić information content (AvgIpc) is 3.20. The van der Waals surface area contributed by atoms with Gasteiger partial charge in [-0.25, -0.2) is 14.3 Å². The predicted molar refractivity (Wildman–Crippen MR) is 127 cm³/mol. The molecule has 2 fully saturated rings. The van der Waals surface area contributed by atoms with Crippen molar-refractivity contribution in [3.8, 4) is 0 Å². The number of hydrogen-bond donors (Lipinski definition) is 0. The molecule has 0 radical (unpaired) electrons. The maximum Gasteiger partial charge on any atom is 0.410 e. The van der Waals surface area contributed by atoms with E-state index in [2.05, 4.69) is 11.9 Å². The molecule has 1 aliphatic carbocycles. The molecule has 1 saturated carbocycles. The molecule has 194 valence electrons. The van der Waals surface area contributed by atoms with Crippen LogP contribution in [0.3, 0.4) is 0 Å². The Morgan fingerprint density at radius 2 is 1.80 bits per heavy atom. The van der Waals surface area contributed by atoms with Gasteiger partial charge >= 0.3 is 12.3 Å². The molecule has 2 aliphatic rings. The van der Waals surface area contributed by atoms with E-state index in [-0.39, 0.29) is 30.8 Å². The molecule has 35 heavy (non-hydrogen) atoms. The number of alkyl halides is 3. The largest absolute Gasteiger partial charge is 0.444 e. The van der Waals surface area contributed by atoms with Gasteiger partial charge < -0.3 is 9.64 Å². The number of likely N-dealkylation sites (tertiary alicyclic amines) is 1. The number of carbonyl (C=O) groups excluding carboxylic acids is 1. The molecule has 1 saturated heterocycles. The van der Waals surface area contributed by atoms with Crippen molar-refractivity contribution in [2.45, 2.75) is 96.8 Å². The quantitative estimate of drug-likeness (QED) is 0.481. The summed E-state index contributed by atoms with van der Waals surface area (Å²) in [7, 11) is 0. The van der Waals surface area contributed by atoms with Crippen molar-refractivity contribution in [1.29, 1.82) is 0 Å². The summed E-state index contributed by atoms with van der Waals surface area (Å²) in [4.78, 5) is 19.3. The SMILES string of the molecule is CCC1CCN(C(=O)OC(C)(C)C)CC1c1cc(C)nc2cc(C3CCC(C(F)(F)F)CC3)nn12. The first-order valence-electron chi connectivity index (χ1n) is 12.8. The van der Waals surface area contributed by atoms with Crippen molar-refractivity contribution in [2.24, 2.45) is 11.8 Å². The normalized spacial score (nSPS) is 26.2. The van der Waals surface area contributed by atoms with E-state index in [1.165, 1.54) is 0 Å². The minimum absolute atomic E-state index is 0.00930. The van der Waals surface area contributed by atoms with Gasteiger partial charge in [0.15, 0.2) is 5.65 Å². The summed E-state index contributed by atoms with van der Waals surface area (Å²) >= 11 is 0. The second-order valence-electron chi connectivity index (χ2n) is 11.2. The van der Waals surface area contributed by atoms with E-state index in [1.807, 2.05) is 44.3 Å². The molecule has 4 rings (SSSR count). The van der Waals surface area contributed by atoms with Crippen LogP contribution in [0.5, 0.6) is 0 Å². The molecule has 3 heterocycles. The van der Waals surface area contributed by atoms with E-state index in [0.717, 1.165) is 35.6 Å². The maximum atomic E-state index is 13.1. The van der Waals surface area contributed by atoms with Crippen LogP contribution in [0.25, 0.3) is 5.65 Å². The second-order valence-corrected chi connectivity index (χ2v) is 11.2. The lowest BCUT2D eigenvalue weighted by Crippen LogP contribution is -2.45. The first-order chi connectivity index (χ1) is 16.4. The summed E-state index contributed by atoms with van der Waals surface area (Å²) in [5, 5.41) is 4.88. The fraction of sp³-hybridized carbons (Fsp3) is 0.731. The summed E-state index contributed by atoms with van der Waals surface area (Å²) in [5.74, 6) is -0.749. The van der Waals surface area contributed by atoms with Gasteiger partial charge in [-0.2, -0.15) is 18.3 Å². The molecule has 0 spiro atoms. The van der Waals surface area contributed by atoms with E-state index in [4.69, 9.17) is 9.84 Å². The highest BCUT2D eigenvalue weighted by Gasteiger charge is 2.42. The highest BCUT2D eigenvalue weighted by Crippen LogP contribution is 2.43. The molecule has 6 nitrogen and oxygen atoms in total. The number of fused-ring (bicyclic) bond motifs is 1. The van der Waals surface area contributed by atoms with Crippen molar-refractivity contribution in [3.05, 3.63) is 29.2 Å². The summed E-state index contributed by atoms with van der Waals surface area (Å²) in [6.07, 6.45) is -1.32. The highest BCUT2D eigenvalue weighted by atomic mass is 19.4. The van der Waals surface area contributed by atoms with E-state index in [1.54, 1.807) is 4.90 Å². The summed E-state index contributed by atoms with van der Waals surface area (Å²) in [6, 6.07) is 3.97. The number of rotatable bonds is 3. The topological polar surface area (TPSA) is 59.7 Å². The van der Waals surface area contributed by atoms with Gasteiger partial charge in [-0.1, -0.05) is 13.3 Å². The maximum absolute atomic E-state index is 13.1. The summed E-state index contributed by atoms with van der Waals surface area (Å²) in [6.45, 7) is 10.9. The first-order valence-corrected chi connectivity index (χ1v) is 12.8. The molecule has 2 aromatic heterocycles. The molecule has 2 atom stereocenters. The van der Waals surface area contributed by atoms with Gasteiger partial charge in [-0.05, 0) is 71.8 Å². The number of amides is 1. The van der Waals surface area contributed by atoms with Crippen LogP contribution in [0.15, 0.2) is 12.1 Å². The van der Waals surface area contributed by atoms with Crippen LogP contribution in [-0.2, 0) is 4.74 Å². The smallest absolute Gasteiger partial charge is 0.410 e. The number of aryl methyl sites for hydroxylation is 1. The molecule has 1 aliphatic heterocycles. The number of ether oxygens (including phenoxy) is 1. The van der Waals surface area contributed by atoms with Gasteiger partial charge in [-0.3, -0.25) is 0 Å². The zero-order chi connectivity index (χ0) is 25.5. The fourth-order valence-corrected chi connectivity index (χ4v) is 5.64. The lowest BCUT2D eigenvalue weighted by molar-refractivity contribution is -0.182. The van der Waals surface area contributed by atoms with E-state index in [9.17, 15) is 18.0 Å². The van der Waals surface area contributed by atoms with Crippen molar-refractivity contribution >= 4 is 11.7 Å². The van der Waals surface area contributed by atoms with Gasteiger partial charge in [0.2, 0.25) is 0 Å². The Bertz CT molecular complexity index is 1050. The third-order valence-electron chi connectivity index (χ3n) is 7.52. The Balaban J connectivity index is 1.61. The molecular formula is C26H37F3N4O2. The molecule has 0 bridgehead atoms. The molecule has 1 amide bonds. The Morgan fingerprint density at radius 1 is 1.11 bits per heavy atom. The molecule has 0 N–H and O–H groups in total. The lowest BCUT2D eigenvalue weighted by Gasteiger charge is -2.39. The second kappa shape index (κ2) is 9.62. The minimum Gasteiger partial charge on any atom is -0.444 e. The van der Waals surface area contributed by atoms with Gasteiger partial charge in [0.05, 0.1) is 17.3 Å². The van der Waals surface area contributed by atoms with Crippen LogP contribution in [0, 0.1) is 18.8 Å². The van der Waals surface area contributed by atoms with Crippen molar-refractivity contribution in [3.63, 3.8) is 0 Å².